The number of hydrogen-bond donors (Lipinski definition) is 2. The highest BCUT2D eigenvalue weighted by Crippen LogP contribution is 2.23. The highest BCUT2D eigenvalue weighted by Gasteiger charge is 2.18. The molecule has 0 radical (unpaired) electrons. The van der Waals surface area contributed by atoms with Crippen molar-refractivity contribution >= 4 is 11.6 Å². The zero-order valence-corrected chi connectivity index (χ0v) is 13.2. The third kappa shape index (κ3) is 4.72. The molecule has 0 heterocycles. The maximum Gasteiger partial charge on any atom is 0.269 e. The van der Waals surface area contributed by atoms with Crippen LogP contribution in [0.15, 0.2) is 29.3 Å². The van der Waals surface area contributed by atoms with Gasteiger partial charge in [-0.25, -0.2) is 0 Å². The van der Waals surface area contributed by atoms with Gasteiger partial charge >= 0.3 is 0 Å². The Morgan fingerprint density at radius 2 is 1.91 bits per heavy atom. The minimum Gasteiger partial charge on any atom is -0.354 e. The molecule has 1 saturated carbocycles. The van der Waals surface area contributed by atoms with Crippen molar-refractivity contribution in [3.63, 3.8) is 0 Å². The Morgan fingerprint density at radius 1 is 1.27 bits per heavy atom. The largest absolute Gasteiger partial charge is 0.354 e. The molecular formula is C16H24N4O2. The van der Waals surface area contributed by atoms with Crippen LogP contribution in [0.5, 0.6) is 0 Å². The van der Waals surface area contributed by atoms with Gasteiger partial charge in [0.05, 0.1) is 4.92 Å². The van der Waals surface area contributed by atoms with Crippen LogP contribution in [0.3, 0.4) is 0 Å². The number of non-ortho nitro benzene ring substituents is 1. The van der Waals surface area contributed by atoms with Gasteiger partial charge in [-0.05, 0) is 37.2 Å². The topological polar surface area (TPSA) is 79.6 Å². The van der Waals surface area contributed by atoms with E-state index in [9.17, 15) is 10.1 Å². The fourth-order valence-electron chi connectivity index (χ4n) is 2.71. The van der Waals surface area contributed by atoms with E-state index in [0.29, 0.717) is 12.6 Å². The van der Waals surface area contributed by atoms with E-state index in [0.717, 1.165) is 17.4 Å². The molecule has 0 bridgehead atoms. The Hall–Kier alpha value is -2.11. The van der Waals surface area contributed by atoms with Crippen LogP contribution < -0.4 is 10.6 Å². The first-order valence-electron chi connectivity index (χ1n) is 7.79. The molecule has 0 amide bonds. The summed E-state index contributed by atoms with van der Waals surface area (Å²) in [5, 5.41) is 17.3. The molecule has 6 heteroatoms. The fraction of sp³-hybridized carbons (Fsp3) is 0.562. The molecular weight excluding hydrogens is 280 g/mol. The van der Waals surface area contributed by atoms with E-state index >= 15 is 0 Å². The second kappa shape index (κ2) is 7.77. The number of aliphatic imine (C=N–C) groups is 1. The number of benzene rings is 1. The lowest BCUT2D eigenvalue weighted by Crippen LogP contribution is -2.44. The molecule has 120 valence electrons. The summed E-state index contributed by atoms with van der Waals surface area (Å²) in [6.45, 7) is 2.90. The van der Waals surface area contributed by atoms with Crippen molar-refractivity contribution in [3.8, 4) is 0 Å². The Labute approximate surface area is 131 Å². The zero-order chi connectivity index (χ0) is 15.9. The summed E-state index contributed by atoms with van der Waals surface area (Å²) >= 11 is 0. The molecule has 0 spiro atoms. The van der Waals surface area contributed by atoms with E-state index in [4.69, 9.17) is 0 Å². The van der Waals surface area contributed by atoms with Crippen LogP contribution in [-0.2, 0) is 6.54 Å². The van der Waals surface area contributed by atoms with Crippen molar-refractivity contribution in [2.45, 2.75) is 45.2 Å². The van der Waals surface area contributed by atoms with Crippen LogP contribution in [0.4, 0.5) is 5.69 Å². The lowest BCUT2D eigenvalue weighted by Gasteiger charge is -2.28. The summed E-state index contributed by atoms with van der Waals surface area (Å²) < 4.78 is 0. The molecule has 0 aromatic heterocycles. The molecule has 0 aliphatic heterocycles. The van der Waals surface area contributed by atoms with Crippen molar-refractivity contribution < 1.29 is 4.92 Å². The molecule has 1 aromatic carbocycles. The summed E-state index contributed by atoms with van der Waals surface area (Å²) in [6.07, 6.45) is 4.88. The average Bonchev–Trinajstić information content (AvgIpc) is 2.53. The van der Waals surface area contributed by atoms with E-state index in [2.05, 4.69) is 22.5 Å². The standard InChI is InChI=1S/C16H24N4O2/c1-12-3-7-14(8-4-12)19-16(17-2)18-11-13-5-9-15(10-6-13)20(21)22/h5-6,9-10,12,14H,3-4,7-8,11H2,1-2H3,(H2,17,18,19). The van der Waals surface area contributed by atoms with Crippen LogP contribution >= 0.6 is 0 Å². The molecule has 2 rings (SSSR count). The van der Waals surface area contributed by atoms with E-state index in [1.54, 1.807) is 19.2 Å². The van der Waals surface area contributed by atoms with Crippen molar-refractivity contribution in [1.29, 1.82) is 0 Å². The fourth-order valence-corrected chi connectivity index (χ4v) is 2.71. The number of rotatable bonds is 4. The van der Waals surface area contributed by atoms with Gasteiger partial charge in [-0.3, -0.25) is 15.1 Å². The summed E-state index contributed by atoms with van der Waals surface area (Å²) in [4.78, 5) is 14.5. The Bertz CT molecular complexity index is 519. The third-order valence-corrected chi connectivity index (χ3v) is 4.19. The second-order valence-corrected chi connectivity index (χ2v) is 5.95. The van der Waals surface area contributed by atoms with E-state index in [-0.39, 0.29) is 10.6 Å². The highest BCUT2D eigenvalue weighted by molar-refractivity contribution is 5.79. The van der Waals surface area contributed by atoms with Gasteiger partial charge in [0.1, 0.15) is 0 Å². The third-order valence-electron chi connectivity index (χ3n) is 4.19. The predicted octanol–water partition coefficient (Wildman–Crippen LogP) is 2.84. The van der Waals surface area contributed by atoms with Gasteiger partial charge in [0.25, 0.3) is 5.69 Å². The van der Waals surface area contributed by atoms with Gasteiger partial charge in [0, 0.05) is 31.8 Å². The minimum atomic E-state index is -0.387. The number of nitrogens with one attached hydrogen (secondary N) is 2. The molecule has 1 aromatic rings. The molecule has 22 heavy (non-hydrogen) atoms. The van der Waals surface area contributed by atoms with Crippen LogP contribution in [0.2, 0.25) is 0 Å². The molecule has 0 atom stereocenters. The average molecular weight is 304 g/mol. The van der Waals surface area contributed by atoms with E-state index < -0.39 is 0 Å². The maximum atomic E-state index is 10.6. The van der Waals surface area contributed by atoms with Gasteiger partial charge < -0.3 is 10.6 Å². The molecule has 6 nitrogen and oxygen atoms in total. The number of nitro benzene ring substituents is 1. The molecule has 0 saturated heterocycles. The van der Waals surface area contributed by atoms with Crippen molar-refractivity contribution in [2.75, 3.05) is 7.05 Å². The molecule has 0 unspecified atom stereocenters. The molecule has 1 fully saturated rings. The van der Waals surface area contributed by atoms with Crippen LogP contribution in [0, 0.1) is 16.0 Å². The zero-order valence-electron chi connectivity index (χ0n) is 13.2. The quantitative estimate of drug-likeness (QED) is 0.388. The van der Waals surface area contributed by atoms with Gasteiger partial charge in [0.15, 0.2) is 5.96 Å². The number of hydrogen-bond acceptors (Lipinski definition) is 3. The van der Waals surface area contributed by atoms with Crippen LogP contribution in [-0.4, -0.2) is 24.0 Å². The second-order valence-electron chi connectivity index (χ2n) is 5.95. The Morgan fingerprint density at radius 3 is 2.45 bits per heavy atom. The predicted molar refractivity (Wildman–Crippen MR) is 87.9 cm³/mol. The normalized spacial score (nSPS) is 22.2. The first kappa shape index (κ1) is 16.3. The van der Waals surface area contributed by atoms with Crippen molar-refractivity contribution in [3.05, 3.63) is 39.9 Å². The van der Waals surface area contributed by atoms with Gasteiger partial charge in [-0.1, -0.05) is 19.1 Å². The van der Waals surface area contributed by atoms with Gasteiger partial charge in [0.2, 0.25) is 0 Å². The summed E-state index contributed by atoms with van der Waals surface area (Å²) in [6, 6.07) is 7.06. The van der Waals surface area contributed by atoms with Crippen LogP contribution in [0.1, 0.15) is 38.2 Å². The smallest absolute Gasteiger partial charge is 0.269 e. The van der Waals surface area contributed by atoms with Gasteiger partial charge in [-0.15, -0.1) is 0 Å². The summed E-state index contributed by atoms with van der Waals surface area (Å²) in [5.74, 6) is 1.62. The monoisotopic (exact) mass is 304 g/mol. The van der Waals surface area contributed by atoms with Crippen molar-refractivity contribution in [1.82, 2.24) is 10.6 Å². The van der Waals surface area contributed by atoms with Crippen molar-refractivity contribution in [2.24, 2.45) is 10.9 Å². The first-order chi connectivity index (χ1) is 10.6. The van der Waals surface area contributed by atoms with Crippen LogP contribution in [0.25, 0.3) is 0 Å². The summed E-state index contributed by atoms with van der Waals surface area (Å²) in [7, 11) is 1.76. The molecule has 1 aliphatic carbocycles. The lowest BCUT2D eigenvalue weighted by atomic mass is 9.87. The SMILES string of the molecule is CN=C(NCc1ccc([N+](=O)[O-])cc1)NC1CCC(C)CC1. The molecule has 2 N–H and O–H groups in total. The minimum absolute atomic E-state index is 0.114. The highest BCUT2D eigenvalue weighted by atomic mass is 16.6. The maximum absolute atomic E-state index is 10.6. The van der Waals surface area contributed by atoms with E-state index in [1.165, 1.54) is 37.8 Å². The molecule has 1 aliphatic rings. The Balaban J connectivity index is 1.82. The Kier molecular flexibility index (Phi) is 5.75. The number of nitrogens with zero attached hydrogens (tertiary/aromatic N) is 2. The first-order valence-corrected chi connectivity index (χ1v) is 7.79. The van der Waals surface area contributed by atoms with E-state index in [1.807, 2.05) is 0 Å². The van der Waals surface area contributed by atoms with Gasteiger partial charge in [-0.2, -0.15) is 0 Å². The number of nitro groups is 1. The number of guanidine groups is 1. The summed E-state index contributed by atoms with van der Waals surface area (Å²) in [5.41, 5.74) is 1.10. The lowest BCUT2D eigenvalue weighted by molar-refractivity contribution is -0.384.